The van der Waals surface area contributed by atoms with Crippen LogP contribution in [0.25, 0.3) is 105 Å². The van der Waals surface area contributed by atoms with Gasteiger partial charge in [0.25, 0.3) is 13.4 Å². The Morgan fingerprint density at radius 3 is 1.21 bits per heavy atom. The second-order valence-corrected chi connectivity index (χ2v) is 30.5. The molecule has 5 nitrogen and oxygen atoms in total. The van der Waals surface area contributed by atoms with Crippen molar-refractivity contribution in [1.82, 2.24) is 4.57 Å². The van der Waals surface area contributed by atoms with Crippen LogP contribution in [0.3, 0.4) is 0 Å². The molecule has 1 aromatic heterocycles. The van der Waals surface area contributed by atoms with Crippen molar-refractivity contribution in [2.75, 3.05) is 14.7 Å². The van der Waals surface area contributed by atoms with Crippen LogP contribution in [0, 0.1) is 0 Å². The number of anilines is 9. The highest BCUT2D eigenvalue weighted by Crippen LogP contribution is 2.57. The minimum atomic E-state index is -1.14. The molecule has 4 aliphatic rings. The fourth-order valence-electron chi connectivity index (χ4n) is 18.1. The van der Waals surface area contributed by atoms with Crippen LogP contribution in [0.5, 0.6) is 11.5 Å². The van der Waals surface area contributed by atoms with Gasteiger partial charge in [-0.25, -0.2) is 0 Å². The van der Waals surface area contributed by atoms with Gasteiger partial charge in [-0.15, -0.1) is 0 Å². The maximum absolute atomic E-state index is 12.0. The summed E-state index contributed by atoms with van der Waals surface area (Å²) in [5, 5.41) is -0.452. The molecule has 0 bridgehead atoms. The van der Waals surface area contributed by atoms with E-state index in [1.54, 1.807) is 0 Å². The van der Waals surface area contributed by atoms with Gasteiger partial charge in [0.1, 0.15) is 11.5 Å². The summed E-state index contributed by atoms with van der Waals surface area (Å²) in [6, 6.07) is 108. The third kappa shape index (κ3) is 10.6. The fourth-order valence-corrected chi connectivity index (χ4v) is 18.1. The van der Waals surface area contributed by atoms with E-state index in [-0.39, 0.29) is 50.7 Å². The summed E-state index contributed by atoms with van der Waals surface area (Å²) in [6.45, 7) is 4.88. The molecular formula is C106H74B2N4O. The molecule has 0 atom stereocenters. The molecule has 0 fully saturated rings. The number of rotatable bonds is 11. The average molecular weight is 1450 g/mol. The number of aromatic nitrogens is 1. The van der Waals surface area contributed by atoms with Gasteiger partial charge in [0.05, 0.1) is 43.2 Å². The molecule has 22 rings (SSSR count). The van der Waals surface area contributed by atoms with E-state index in [1.165, 1.54) is 4.57 Å². The first-order valence-corrected chi connectivity index (χ1v) is 38.5. The Balaban J connectivity index is 0.972. The zero-order chi connectivity index (χ0) is 84.6. The maximum atomic E-state index is 12.0. The Labute approximate surface area is 675 Å². The predicted molar refractivity (Wildman–Crippen MR) is 477 cm³/mol. The van der Waals surface area contributed by atoms with E-state index in [9.17, 15) is 15.1 Å². The van der Waals surface area contributed by atoms with Crippen LogP contribution in [-0.2, 0) is 5.41 Å². The fraction of sp³-hybridized carbons (Fsp3) is 0.0377. The van der Waals surface area contributed by atoms with Crippen LogP contribution in [0.15, 0.2) is 394 Å². The highest BCUT2D eigenvalue weighted by molar-refractivity contribution is 7.03. The van der Waals surface area contributed by atoms with E-state index in [0.29, 0.717) is 34.0 Å². The minimum absolute atomic E-state index is 0.139. The molecule has 0 radical (unpaired) electrons. The topological polar surface area (TPSA) is 23.9 Å². The summed E-state index contributed by atoms with van der Waals surface area (Å²) in [7, 11) is 0. The Hall–Kier alpha value is -14.1. The van der Waals surface area contributed by atoms with E-state index >= 15 is 0 Å². The first-order valence-electron chi connectivity index (χ1n) is 44.0. The van der Waals surface area contributed by atoms with Crippen molar-refractivity contribution in [1.29, 1.82) is 0 Å². The molecule has 5 heterocycles. The maximum Gasteiger partial charge on any atom is 0.256 e. The quantitative estimate of drug-likeness (QED) is 0.120. The minimum Gasteiger partial charge on any atom is -0.459 e. The van der Waals surface area contributed by atoms with Crippen molar-refractivity contribution in [2.45, 2.75) is 26.2 Å². The second kappa shape index (κ2) is 26.3. The molecule has 4 aliphatic heterocycles. The van der Waals surface area contributed by atoms with Gasteiger partial charge >= 0.3 is 0 Å². The Kier molecular flexibility index (Phi) is 12.9. The van der Waals surface area contributed by atoms with Gasteiger partial charge in [0, 0.05) is 78.4 Å². The van der Waals surface area contributed by atoms with Crippen molar-refractivity contribution in [3.8, 4) is 95.1 Å². The average Bonchev–Trinajstić information content (AvgIpc) is 0.712. The zero-order valence-electron chi connectivity index (χ0n) is 73.0. The predicted octanol–water partition coefficient (Wildman–Crippen LogP) is 24.2. The molecule has 0 aliphatic carbocycles. The summed E-state index contributed by atoms with van der Waals surface area (Å²) in [5.41, 5.74) is 22.7. The van der Waals surface area contributed by atoms with Crippen molar-refractivity contribution in [2.24, 2.45) is 0 Å². The van der Waals surface area contributed by atoms with Gasteiger partial charge in [-0.1, -0.05) is 354 Å². The van der Waals surface area contributed by atoms with E-state index in [4.69, 9.17) is 4.74 Å². The number of hydrogen-bond acceptors (Lipinski definition) is 4. The SMILES string of the molecule is [2H]c1c([2H])c(-n2c3c([2H])c([2H])c([2H])c([2H])c3c3c([2H])c([2H])c([2H])c([2H])c32)c([2H])c2c1B1c3c(cc(C(C)(C)C)cc3N2c2c(-c3ccccc3)cccc2-c2ccccc2)N(c2ccccc2-c2ccccc2)c2cc3c4c(c21)Oc1cc(-c2ccccc2)ccc1B4c1ccc(-c2ccccc2)cc1N3c1c(-c2ccccc2)cccc1-c1ccccc1. The first-order chi connectivity index (χ1) is 60.3. The van der Waals surface area contributed by atoms with Crippen LogP contribution in [0.2, 0.25) is 0 Å². The number of benzene rings is 17. The molecule has 0 saturated carbocycles. The lowest BCUT2D eigenvalue weighted by Crippen LogP contribution is -2.65. The van der Waals surface area contributed by atoms with Crippen LogP contribution in [0.1, 0.15) is 41.4 Å². The lowest BCUT2D eigenvalue weighted by molar-refractivity contribution is 0.491. The summed E-state index contributed by atoms with van der Waals surface area (Å²) in [6.07, 6.45) is 0. The number of fused-ring (bicyclic) bond motifs is 12. The van der Waals surface area contributed by atoms with Crippen molar-refractivity contribution < 1.29 is 19.8 Å². The standard InChI is InChI=1S/C106H74B2N4O/c1-106(2,3)78-65-95-100-96(66-78)112(104-83(74-43-21-9-22-44-74)52-32-53-84(104)75-45-23-10-24-46-75)94-67-79(109-91-55-29-26-48-85(91)86-49-27-30-56-92(86)109)59-62-88(94)108(100)102-97(110(95)90-54-28-25-47-80(90)71-37-15-6-16-38-71)68-98-101-105(102)113-99-64-77(70-35-13-5-14-36-70)58-61-89(99)107(101)87-60-57-76(69-33-11-4-12-34-69)63-93(87)111(98)103-81(72-39-17-7-18-40-72)50-31-51-82(103)73-41-19-8-20-42-73/h4-68H,1-3H3/i26D,27D,29D,30D,48D,49D,55D,56D,59D,62D,67D. The monoisotopic (exact) mass is 1450 g/mol. The Morgan fingerprint density at radius 2 is 0.699 bits per heavy atom. The van der Waals surface area contributed by atoms with Crippen molar-refractivity contribution in [3.63, 3.8) is 0 Å². The molecule has 0 amide bonds. The molecule has 18 aromatic rings. The summed E-state index contributed by atoms with van der Waals surface area (Å²) in [5.74, 6) is 1.08. The molecule has 7 heteroatoms. The van der Waals surface area contributed by atoms with Gasteiger partial charge < -0.3 is 24.0 Å². The van der Waals surface area contributed by atoms with Gasteiger partial charge in [-0.2, -0.15) is 0 Å². The van der Waals surface area contributed by atoms with E-state index < -0.39 is 73.2 Å². The number of hydrogen-bond donors (Lipinski definition) is 0. The first kappa shape index (κ1) is 55.3. The zero-order valence-corrected chi connectivity index (χ0v) is 62.0. The molecule has 0 saturated heterocycles. The molecular weight excluding hydrogens is 1370 g/mol. The Bertz CT molecular complexity index is 7340. The molecule has 17 aromatic carbocycles. The highest BCUT2D eigenvalue weighted by atomic mass is 16.5. The Morgan fingerprint density at radius 1 is 0.292 bits per heavy atom. The van der Waals surface area contributed by atoms with Crippen molar-refractivity contribution in [3.05, 3.63) is 400 Å². The largest absolute Gasteiger partial charge is 0.459 e. The van der Waals surface area contributed by atoms with E-state index in [2.05, 4.69) is 278 Å². The lowest BCUT2D eigenvalue weighted by atomic mass is 9.30. The third-order valence-corrected chi connectivity index (χ3v) is 23.1. The van der Waals surface area contributed by atoms with Crippen molar-refractivity contribution >= 4 is 119 Å². The molecule has 0 N–H and O–H groups in total. The molecule has 530 valence electrons. The van der Waals surface area contributed by atoms with Gasteiger partial charge in [-0.3, -0.25) is 0 Å². The van der Waals surface area contributed by atoms with Gasteiger partial charge in [0.2, 0.25) is 0 Å². The van der Waals surface area contributed by atoms with Gasteiger partial charge in [0.15, 0.2) is 0 Å². The van der Waals surface area contributed by atoms with Gasteiger partial charge in [-0.05, 0) is 154 Å². The van der Waals surface area contributed by atoms with E-state index in [1.807, 2.05) is 84.9 Å². The van der Waals surface area contributed by atoms with Crippen LogP contribution < -0.4 is 52.2 Å². The number of nitrogens with zero attached hydrogens (tertiary/aromatic N) is 4. The van der Waals surface area contributed by atoms with Crippen LogP contribution in [0.4, 0.5) is 51.2 Å². The normalized spacial score (nSPS) is 14.3. The van der Waals surface area contributed by atoms with E-state index in [0.717, 1.165) is 134 Å². The summed E-state index contributed by atoms with van der Waals surface area (Å²) < 4.78 is 121. The number of ether oxygens (including phenoxy) is 1. The van der Waals surface area contributed by atoms with Crippen LogP contribution in [-0.4, -0.2) is 18.0 Å². The number of para-hydroxylation sites is 5. The van der Waals surface area contributed by atoms with Crippen LogP contribution >= 0.6 is 0 Å². The molecule has 113 heavy (non-hydrogen) atoms. The lowest BCUT2D eigenvalue weighted by Gasteiger charge is -2.48. The molecule has 0 spiro atoms. The smallest absolute Gasteiger partial charge is 0.256 e. The summed E-state index contributed by atoms with van der Waals surface area (Å²) >= 11 is 0. The highest BCUT2D eigenvalue weighted by Gasteiger charge is 2.52. The second-order valence-electron chi connectivity index (χ2n) is 30.5. The third-order valence-electron chi connectivity index (χ3n) is 23.1. The summed E-state index contributed by atoms with van der Waals surface area (Å²) in [4.78, 5) is 7.00. The molecule has 0 unspecified atom stereocenters.